The predicted octanol–water partition coefficient (Wildman–Crippen LogP) is 2.41. The number of carbonyl (C=O) groups is 1. The zero-order valence-electron chi connectivity index (χ0n) is 14.1. The van der Waals surface area contributed by atoms with E-state index in [4.69, 9.17) is 4.74 Å². The maximum Gasteiger partial charge on any atom is 0.407 e. The van der Waals surface area contributed by atoms with Crippen molar-refractivity contribution in [3.05, 3.63) is 65.2 Å². The van der Waals surface area contributed by atoms with E-state index in [0.29, 0.717) is 0 Å². The second-order valence-electron chi connectivity index (χ2n) is 5.85. The van der Waals surface area contributed by atoms with Crippen LogP contribution >= 0.6 is 0 Å². The van der Waals surface area contributed by atoms with Gasteiger partial charge in [0.2, 0.25) is 0 Å². The highest BCUT2D eigenvalue weighted by molar-refractivity contribution is 5.67. The molecule has 0 aliphatic heterocycles. The van der Waals surface area contributed by atoms with Gasteiger partial charge < -0.3 is 25.4 Å². The number of phenolic OH excluding ortho intramolecular Hbond substituents is 1. The Morgan fingerprint density at radius 2 is 1.88 bits per heavy atom. The van der Waals surface area contributed by atoms with E-state index in [1.807, 2.05) is 37.3 Å². The summed E-state index contributed by atoms with van der Waals surface area (Å²) in [7, 11) is 0. The molecule has 6 heteroatoms. The molecule has 2 aromatic carbocycles. The molecule has 0 spiro atoms. The second-order valence-corrected chi connectivity index (χ2v) is 5.85. The number of carbonyl (C=O) groups excluding carboxylic acids is 1. The molecule has 2 atom stereocenters. The Balaban J connectivity index is 1.75. The van der Waals surface area contributed by atoms with Crippen LogP contribution in [0.5, 0.6) is 5.75 Å². The molecule has 0 heterocycles. The number of benzene rings is 2. The van der Waals surface area contributed by atoms with Crippen molar-refractivity contribution >= 4 is 6.09 Å². The predicted molar refractivity (Wildman–Crippen MR) is 93.1 cm³/mol. The highest BCUT2D eigenvalue weighted by atomic mass is 16.5. The van der Waals surface area contributed by atoms with Gasteiger partial charge >= 0.3 is 6.09 Å². The average Bonchev–Trinajstić information content (AvgIpc) is 2.62. The summed E-state index contributed by atoms with van der Waals surface area (Å²) in [6.07, 6.45) is -2.83. The summed E-state index contributed by atoms with van der Waals surface area (Å²) in [5, 5.41) is 32.5. The van der Waals surface area contributed by atoms with Crippen molar-refractivity contribution in [3.63, 3.8) is 0 Å². The molecular weight excluding hydrogens is 322 g/mol. The molecule has 2 rings (SSSR count). The first kappa shape index (κ1) is 18.8. The number of aliphatic hydroxyl groups is 2. The first-order valence-corrected chi connectivity index (χ1v) is 8.07. The van der Waals surface area contributed by atoms with Crippen LogP contribution in [-0.2, 0) is 11.3 Å². The lowest BCUT2D eigenvalue weighted by atomic mass is 9.99. The lowest BCUT2D eigenvalue weighted by Crippen LogP contribution is -2.29. The second kappa shape index (κ2) is 9.05. The third-order valence-electron chi connectivity index (χ3n) is 3.79. The fraction of sp³-hybridized carbons (Fsp3) is 0.316. The van der Waals surface area contributed by atoms with E-state index in [-0.39, 0.29) is 30.9 Å². The summed E-state index contributed by atoms with van der Waals surface area (Å²) >= 11 is 0. The minimum Gasteiger partial charge on any atom is -0.508 e. The van der Waals surface area contributed by atoms with Crippen LogP contribution in [0.15, 0.2) is 48.5 Å². The first-order chi connectivity index (χ1) is 12.0. The summed E-state index contributed by atoms with van der Waals surface area (Å²) in [6, 6.07) is 14.1. The highest BCUT2D eigenvalue weighted by Gasteiger charge is 2.21. The quantitative estimate of drug-likeness (QED) is 0.618. The number of hydrogen-bond donors (Lipinski definition) is 4. The van der Waals surface area contributed by atoms with Crippen LogP contribution in [0.4, 0.5) is 4.79 Å². The van der Waals surface area contributed by atoms with Crippen molar-refractivity contribution in [1.29, 1.82) is 0 Å². The lowest BCUT2D eigenvalue weighted by Gasteiger charge is -2.19. The smallest absolute Gasteiger partial charge is 0.407 e. The zero-order chi connectivity index (χ0) is 18.2. The SMILES string of the molecule is Cc1ccc(O)c(C(O)C(O)CCNC(=O)OCc2ccccc2)c1. The molecule has 2 aromatic rings. The Hall–Kier alpha value is -2.57. The van der Waals surface area contributed by atoms with E-state index in [9.17, 15) is 20.1 Å². The molecule has 134 valence electrons. The number of amides is 1. The normalized spacial score (nSPS) is 13.1. The standard InChI is InChI=1S/C19H23NO5/c1-13-7-8-16(21)15(11-13)18(23)17(22)9-10-20-19(24)25-12-14-5-3-2-4-6-14/h2-8,11,17-18,21-23H,9-10,12H2,1H3,(H,20,24). The van der Waals surface area contributed by atoms with E-state index in [1.165, 1.54) is 6.07 Å². The molecule has 0 fully saturated rings. The van der Waals surface area contributed by atoms with E-state index < -0.39 is 18.3 Å². The number of ether oxygens (including phenoxy) is 1. The monoisotopic (exact) mass is 345 g/mol. The van der Waals surface area contributed by atoms with E-state index in [0.717, 1.165) is 11.1 Å². The number of nitrogens with one attached hydrogen (secondary N) is 1. The number of hydrogen-bond acceptors (Lipinski definition) is 5. The fourth-order valence-corrected chi connectivity index (χ4v) is 2.37. The van der Waals surface area contributed by atoms with Gasteiger partial charge in [0.25, 0.3) is 0 Å². The van der Waals surface area contributed by atoms with E-state index in [2.05, 4.69) is 5.32 Å². The van der Waals surface area contributed by atoms with Crippen molar-refractivity contribution in [2.24, 2.45) is 0 Å². The van der Waals surface area contributed by atoms with Gasteiger partial charge in [0.1, 0.15) is 18.5 Å². The van der Waals surface area contributed by atoms with Crippen LogP contribution in [0.25, 0.3) is 0 Å². The van der Waals surface area contributed by atoms with Crippen LogP contribution in [-0.4, -0.2) is 34.1 Å². The van der Waals surface area contributed by atoms with Gasteiger partial charge in [-0.15, -0.1) is 0 Å². The molecule has 0 saturated carbocycles. The number of rotatable bonds is 7. The maximum atomic E-state index is 11.6. The summed E-state index contributed by atoms with van der Waals surface area (Å²) in [5.41, 5.74) is 2.00. The van der Waals surface area contributed by atoms with Crippen molar-refractivity contribution in [2.45, 2.75) is 32.2 Å². The van der Waals surface area contributed by atoms with Gasteiger partial charge in [0.15, 0.2) is 0 Å². The molecular formula is C19H23NO5. The maximum absolute atomic E-state index is 11.6. The molecule has 1 amide bonds. The third kappa shape index (κ3) is 5.77. The fourth-order valence-electron chi connectivity index (χ4n) is 2.37. The minimum atomic E-state index is -1.23. The zero-order valence-corrected chi connectivity index (χ0v) is 14.1. The third-order valence-corrected chi connectivity index (χ3v) is 3.79. The van der Waals surface area contributed by atoms with Crippen molar-refractivity contribution < 1.29 is 24.9 Å². The minimum absolute atomic E-state index is 0.0765. The number of alkyl carbamates (subject to hydrolysis) is 1. The van der Waals surface area contributed by atoms with Gasteiger partial charge in [-0.05, 0) is 31.0 Å². The molecule has 6 nitrogen and oxygen atoms in total. The van der Waals surface area contributed by atoms with Gasteiger partial charge in [-0.3, -0.25) is 0 Å². The highest BCUT2D eigenvalue weighted by Crippen LogP contribution is 2.28. The Kier molecular flexibility index (Phi) is 6.80. The van der Waals surface area contributed by atoms with Gasteiger partial charge in [-0.2, -0.15) is 0 Å². The van der Waals surface area contributed by atoms with Gasteiger partial charge in [-0.1, -0.05) is 42.0 Å². The number of aryl methyl sites for hydroxylation is 1. The van der Waals surface area contributed by atoms with Gasteiger partial charge in [0.05, 0.1) is 6.10 Å². The average molecular weight is 345 g/mol. The molecule has 0 bridgehead atoms. The molecule has 4 N–H and O–H groups in total. The molecule has 0 saturated heterocycles. The lowest BCUT2D eigenvalue weighted by molar-refractivity contribution is 0.0123. The van der Waals surface area contributed by atoms with Crippen molar-refractivity contribution in [3.8, 4) is 5.75 Å². The summed E-state index contributed by atoms with van der Waals surface area (Å²) in [6.45, 7) is 2.12. The molecule has 0 aromatic heterocycles. The first-order valence-electron chi connectivity index (χ1n) is 8.07. The number of aromatic hydroxyl groups is 1. The summed E-state index contributed by atoms with van der Waals surface area (Å²) in [5.74, 6) is -0.0765. The van der Waals surface area contributed by atoms with Crippen molar-refractivity contribution in [2.75, 3.05) is 6.54 Å². The van der Waals surface area contributed by atoms with E-state index >= 15 is 0 Å². The van der Waals surface area contributed by atoms with Crippen LogP contribution in [0.3, 0.4) is 0 Å². The number of aliphatic hydroxyl groups excluding tert-OH is 2. The molecule has 0 aliphatic rings. The van der Waals surface area contributed by atoms with E-state index in [1.54, 1.807) is 12.1 Å². The Labute approximate surface area is 146 Å². The summed E-state index contributed by atoms with van der Waals surface area (Å²) in [4.78, 5) is 11.6. The summed E-state index contributed by atoms with van der Waals surface area (Å²) < 4.78 is 5.06. The largest absolute Gasteiger partial charge is 0.508 e. The van der Waals surface area contributed by atoms with Crippen molar-refractivity contribution in [1.82, 2.24) is 5.32 Å². The number of phenols is 1. The molecule has 2 unspecified atom stereocenters. The Morgan fingerprint density at radius 1 is 1.16 bits per heavy atom. The molecule has 0 radical (unpaired) electrons. The van der Waals surface area contributed by atoms with Gasteiger partial charge in [0, 0.05) is 12.1 Å². The van der Waals surface area contributed by atoms with Gasteiger partial charge in [-0.25, -0.2) is 4.79 Å². The Bertz CT molecular complexity index is 689. The molecule has 25 heavy (non-hydrogen) atoms. The van der Waals surface area contributed by atoms with Crippen LogP contribution in [0.2, 0.25) is 0 Å². The van der Waals surface area contributed by atoms with Crippen LogP contribution in [0.1, 0.15) is 29.2 Å². The molecule has 0 aliphatic carbocycles. The van der Waals surface area contributed by atoms with Crippen LogP contribution < -0.4 is 5.32 Å². The topological polar surface area (TPSA) is 99.0 Å². The van der Waals surface area contributed by atoms with Crippen LogP contribution in [0, 0.1) is 6.92 Å². The Morgan fingerprint density at radius 3 is 2.60 bits per heavy atom.